The van der Waals surface area contributed by atoms with Gasteiger partial charge in [-0.2, -0.15) is 0 Å². The van der Waals surface area contributed by atoms with E-state index in [-0.39, 0.29) is 0 Å². The molecule has 2 heterocycles. The molecule has 0 radical (unpaired) electrons. The predicted octanol–water partition coefficient (Wildman–Crippen LogP) is 2.32. The van der Waals surface area contributed by atoms with E-state index >= 15 is 0 Å². The quantitative estimate of drug-likeness (QED) is 0.754. The van der Waals surface area contributed by atoms with E-state index in [2.05, 4.69) is 21.8 Å². The standard InChI is InChI=1S/C14H15N3O/c1-2-17(10-13-5-3-4-8-15-13)14-7-6-12(11-18)9-16-14/h3-9,11H,2,10H2,1H3. The van der Waals surface area contributed by atoms with Crippen LogP contribution in [0.3, 0.4) is 0 Å². The number of aromatic nitrogens is 2. The lowest BCUT2D eigenvalue weighted by atomic mass is 10.3. The first-order chi connectivity index (χ1) is 8.83. The molecule has 0 unspecified atom stereocenters. The van der Waals surface area contributed by atoms with Crippen molar-refractivity contribution in [3.63, 3.8) is 0 Å². The van der Waals surface area contributed by atoms with Gasteiger partial charge in [0.1, 0.15) is 5.82 Å². The Morgan fingerprint density at radius 3 is 2.67 bits per heavy atom. The molecule has 0 aromatic carbocycles. The van der Waals surface area contributed by atoms with E-state index < -0.39 is 0 Å². The Hall–Kier alpha value is -2.23. The summed E-state index contributed by atoms with van der Waals surface area (Å²) in [5, 5.41) is 0. The smallest absolute Gasteiger partial charge is 0.151 e. The van der Waals surface area contributed by atoms with Gasteiger partial charge in [0.2, 0.25) is 0 Å². The maximum absolute atomic E-state index is 10.6. The van der Waals surface area contributed by atoms with Crippen LogP contribution in [0.1, 0.15) is 23.0 Å². The molecule has 0 atom stereocenters. The lowest BCUT2D eigenvalue weighted by Crippen LogP contribution is -2.23. The average molecular weight is 241 g/mol. The van der Waals surface area contributed by atoms with Gasteiger partial charge in [-0.3, -0.25) is 9.78 Å². The number of hydrogen-bond donors (Lipinski definition) is 0. The van der Waals surface area contributed by atoms with Gasteiger partial charge >= 0.3 is 0 Å². The Morgan fingerprint density at radius 1 is 1.22 bits per heavy atom. The molecule has 0 aliphatic carbocycles. The summed E-state index contributed by atoms with van der Waals surface area (Å²) in [6, 6.07) is 9.49. The number of rotatable bonds is 5. The first kappa shape index (κ1) is 12.2. The highest BCUT2D eigenvalue weighted by Crippen LogP contribution is 2.13. The van der Waals surface area contributed by atoms with Gasteiger partial charge in [0.25, 0.3) is 0 Å². The topological polar surface area (TPSA) is 46.1 Å². The van der Waals surface area contributed by atoms with Crippen LogP contribution in [-0.2, 0) is 6.54 Å². The second kappa shape index (κ2) is 5.91. The number of anilines is 1. The average Bonchev–Trinajstić information content (AvgIpc) is 2.46. The Labute approximate surface area is 106 Å². The summed E-state index contributed by atoms with van der Waals surface area (Å²) in [6.45, 7) is 3.62. The Bertz CT molecular complexity index is 496. The van der Waals surface area contributed by atoms with Gasteiger partial charge < -0.3 is 4.90 Å². The van der Waals surface area contributed by atoms with Crippen LogP contribution in [0, 0.1) is 0 Å². The molecule has 0 N–H and O–H groups in total. The molecule has 2 aromatic rings. The normalized spacial score (nSPS) is 10.1. The lowest BCUT2D eigenvalue weighted by Gasteiger charge is -2.21. The first-order valence-electron chi connectivity index (χ1n) is 5.89. The molecule has 4 heteroatoms. The zero-order valence-corrected chi connectivity index (χ0v) is 10.3. The van der Waals surface area contributed by atoms with E-state index in [0.29, 0.717) is 12.1 Å². The van der Waals surface area contributed by atoms with Crippen molar-refractivity contribution in [3.05, 3.63) is 54.0 Å². The molecule has 92 valence electrons. The van der Waals surface area contributed by atoms with Crippen LogP contribution < -0.4 is 4.90 Å². The fourth-order valence-corrected chi connectivity index (χ4v) is 1.70. The molecule has 4 nitrogen and oxygen atoms in total. The molecule has 0 saturated carbocycles. The van der Waals surface area contributed by atoms with Crippen molar-refractivity contribution >= 4 is 12.1 Å². The van der Waals surface area contributed by atoms with E-state index in [1.54, 1.807) is 18.5 Å². The number of carbonyl (C=O) groups is 1. The Morgan fingerprint density at radius 2 is 2.11 bits per heavy atom. The van der Waals surface area contributed by atoms with Crippen LogP contribution in [0.15, 0.2) is 42.7 Å². The minimum atomic E-state index is 0.590. The summed E-state index contributed by atoms with van der Waals surface area (Å²) < 4.78 is 0. The van der Waals surface area contributed by atoms with Crippen LogP contribution in [0.4, 0.5) is 5.82 Å². The molecule has 0 spiro atoms. The summed E-state index contributed by atoms with van der Waals surface area (Å²) in [5.74, 6) is 0.855. The number of carbonyl (C=O) groups excluding carboxylic acids is 1. The molecule has 18 heavy (non-hydrogen) atoms. The highest BCUT2D eigenvalue weighted by atomic mass is 16.1. The van der Waals surface area contributed by atoms with Gasteiger partial charge in [0.15, 0.2) is 6.29 Å². The van der Waals surface area contributed by atoms with Gasteiger partial charge in [-0.25, -0.2) is 4.98 Å². The molecule has 0 aliphatic heterocycles. The van der Waals surface area contributed by atoms with Crippen molar-refractivity contribution in [1.82, 2.24) is 9.97 Å². The third-order valence-corrected chi connectivity index (χ3v) is 2.69. The summed E-state index contributed by atoms with van der Waals surface area (Å²) in [7, 11) is 0. The first-order valence-corrected chi connectivity index (χ1v) is 5.89. The highest BCUT2D eigenvalue weighted by molar-refractivity contribution is 5.74. The van der Waals surface area contributed by atoms with Crippen molar-refractivity contribution in [2.45, 2.75) is 13.5 Å². The molecule has 2 aromatic heterocycles. The van der Waals surface area contributed by atoms with Gasteiger partial charge in [0, 0.05) is 24.5 Å². The van der Waals surface area contributed by atoms with Gasteiger partial charge in [-0.1, -0.05) is 6.07 Å². The lowest BCUT2D eigenvalue weighted by molar-refractivity contribution is 0.112. The fraction of sp³-hybridized carbons (Fsp3) is 0.214. The summed E-state index contributed by atoms with van der Waals surface area (Å²) in [5.41, 5.74) is 1.59. The Balaban J connectivity index is 2.15. The van der Waals surface area contributed by atoms with Crippen LogP contribution in [0.2, 0.25) is 0 Å². The van der Waals surface area contributed by atoms with E-state index in [1.165, 1.54) is 0 Å². The molecular weight excluding hydrogens is 226 g/mol. The number of pyridine rings is 2. The maximum Gasteiger partial charge on any atom is 0.151 e. The highest BCUT2D eigenvalue weighted by Gasteiger charge is 2.07. The minimum Gasteiger partial charge on any atom is -0.351 e. The van der Waals surface area contributed by atoms with Gasteiger partial charge in [0.05, 0.1) is 12.2 Å². The van der Waals surface area contributed by atoms with E-state index in [0.717, 1.165) is 24.3 Å². The van der Waals surface area contributed by atoms with Crippen LogP contribution >= 0.6 is 0 Å². The van der Waals surface area contributed by atoms with E-state index in [9.17, 15) is 4.79 Å². The zero-order chi connectivity index (χ0) is 12.8. The predicted molar refractivity (Wildman–Crippen MR) is 70.6 cm³/mol. The summed E-state index contributed by atoms with van der Waals surface area (Å²) >= 11 is 0. The fourth-order valence-electron chi connectivity index (χ4n) is 1.70. The molecular formula is C14H15N3O. The maximum atomic E-state index is 10.6. The molecule has 0 saturated heterocycles. The third-order valence-electron chi connectivity index (χ3n) is 2.69. The molecule has 0 bridgehead atoms. The van der Waals surface area contributed by atoms with Gasteiger partial charge in [-0.15, -0.1) is 0 Å². The van der Waals surface area contributed by atoms with E-state index in [1.807, 2.05) is 24.3 Å². The largest absolute Gasteiger partial charge is 0.351 e. The zero-order valence-electron chi connectivity index (χ0n) is 10.3. The number of aldehydes is 1. The minimum absolute atomic E-state index is 0.590. The van der Waals surface area contributed by atoms with Crippen LogP contribution in [0.5, 0.6) is 0 Å². The van der Waals surface area contributed by atoms with Crippen molar-refractivity contribution in [3.8, 4) is 0 Å². The molecule has 0 aliphatic rings. The SMILES string of the molecule is CCN(Cc1ccccn1)c1ccc(C=O)cn1. The summed E-state index contributed by atoms with van der Waals surface area (Å²) in [6.07, 6.45) is 4.17. The second-order valence-electron chi connectivity index (χ2n) is 3.90. The van der Waals surface area contributed by atoms with Crippen LogP contribution in [-0.4, -0.2) is 22.8 Å². The van der Waals surface area contributed by atoms with Crippen molar-refractivity contribution in [2.75, 3.05) is 11.4 Å². The Kier molecular flexibility index (Phi) is 4.02. The molecule has 0 amide bonds. The van der Waals surface area contributed by atoms with Crippen molar-refractivity contribution in [2.24, 2.45) is 0 Å². The van der Waals surface area contributed by atoms with Crippen LogP contribution in [0.25, 0.3) is 0 Å². The van der Waals surface area contributed by atoms with Crippen molar-refractivity contribution < 1.29 is 4.79 Å². The van der Waals surface area contributed by atoms with E-state index in [4.69, 9.17) is 0 Å². The number of hydrogen-bond acceptors (Lipinski definition) is 4. The molecule has 0 fully saturated rings. The van der Waals surface area contributed by atoms with Crippen molar-refractivity contribution in [1.29, 1.82) is 0 Å². The second-order valence-corrected chi connectivity index (χ2v) is 3.90. The summed E-state index contributed by atoms with van der Waals surface area (Å²) in [4.78, 5) is 21.3. The number of nitrogens with zero attached hydrogens (tertiary/aromatic N) is 3. The third kappa shape index (κ3) is 2.91. The monoisotopic (exact) mass is 241 g/mol. The molecule has 2 rings (SSSR count). The van der Waals surface area contributed by atoms with Gasteiger partial charge in [-0.05, 0) is 31.2 Å².